The Morgan fingerprint density at radius 1 is 1.08 bits per heavy atom. The molecule has 11 nitrogen and oxygen atoms in total. The Balaban J connectivity index is 1.11. The summed E-state index contributed by atoms with van der Waals surface area (Å²) in [6.45, 7) is 6.95. The maximum atomic E-state index is 12.3. The number of ether oxygens (including phenoxy) is 1. The summed E-state index contributed by atoms with van der Waals surface area (Å²) in [5.41, 5.74) is 2.91. The second kappa shape index (κ2) is 9.47. The van der Waals surface area contributed by atoms with Gasteiger partial charge < -0.3 is 19.1 Å². The van der Waals surface area contributed by atoms with Crippen LogP contribution in [0.1, 0.15) is 50.4 Å². The van der Waals surface area contributed by atoms with Crippen molar-refractivity contribution in [1.82, 2.24) is 20.1 Å². The van der Waals surface area contributed by atoms with Gasteiger partial charge in [-0.2, -0.15) is 4.98 Å². The Kier molecular flexibility index (Phi) is 6.13. The molecule has 6 rings (SSSR count). The molecule has 3 aromatic rings. The molecule has 0 aliphatic carbocycles. The molecule has 37 heavy (non-hydrogen) atoms. The monoisotopic (exact) mass is 525 g/mol. The highest BCUT2D eigenvalue weighted by Gasteiger charge is 2.31. The number of benzene rings is 1. The van der Waals surface area contributed by atoms with E-state index < -0.39 is 10.0 Å². The summed E-state index contributed by atoms with van der Waals surface area (Å²) in [5.74, 6) is 2.50. The fourth-order valence-electron chi connectivity index (χ4n) is 5.18. The quantitative estimate of drug-likeness (QED) is 0.474. The first-order valence-electron chi connectivity index (χ1n) is 12.9. The van der Waals surface area contributed by atoms with Crippen LogP contribution < -0.4 is 18.8 Å². The number of nitrogens with zero attached hydrogens (tertiary/aromatic N) is 7. The maximum Gasteiger partial charge on any atom is 0.324 e. The molecule has 1 aromatic carbocycles. The zero-order valence-electron chi connectivity index (χ0n) is 21.1. The second-order valence-corrected chi connectivity index (χ2v) is 12.1. The van der Waals surface area contributed by atoms with Crippen LogP contribution in [-0.4, -0.2) is 66.6 Å². The van der Waals surface area contributed by atoms with Crippen molar-refractivity contribution in [2.75, 3.05) is 46.0 Å². The predicted octanol–water partition coefficient (Wildman–Crippen LogP) is 3.26. The molecule has 2 fully saturated rings. The van der Waals surface area contributed by atoms with Gasteiger partial charge in [0.1, 0.15) is 18.2 Å². The molecule has 0 unspecified atom stereocenters. The highest BCUT2D eigenvalue weighted by atomic mass is 32.2. The van der Waals surface area contributed by atoms with Crippen LogP contribution in [0.5, 0.6) is 5.88 Å². The fraction of sp³-hybridized carbons (Fsp3) is 0.520. The lowest BCUT2D eigenvalue weighted by molar-refractivity contribution is 0.161. The minimum Gasteiger partial charge on any atom is -0.474 e. The molecule has 196 valence electrons. The molecule has 0 radical (unpaired) electrons. The van der Waals surface area contributed by atoms with Gasteiger partial charge >= 0.3 is 6.01 Å². The van der Waals surface area contributed by atoms with Crippen LogP contribution in [0.2, 0.25) is 0 Å². The van der Waals surface area contributed by atoms with Gasteiger partial charge in [0.05, 0.1) is 11.4 Å². The SMILES string of the molecule is CC(C)c1noc(N2CCC(Oc3cc(N4CCc5cc(N6CCCS6(=O)=O)ccc54)ncn3)CC2)n1. The molecule has 12 heteroatoms. The van der Waals surface area contributed by atoms with E-state index in [1.807, 2.05) is 38.1 Å². The molecule has 0 amide bonds. The summed E-state index contributed by atoms with van der Waals surface area (Å²) in [7, 11) is -3.20. The highest BCUT2D eigenvalue weighted by Crippen LogP contribution is 2.38. The third-order valence-corrected chi connectivity index (χ3v) is 9.07. The Morgan fingerprint density at radius 2 is 1.92 bits per heavy atom. The second-order valence-electron chi connectivity index (χ2n) is 10.1. The summed E-state index contributed by atoms with van der Waals surface area (Å²) >= 11 is 0. The van der Waals surface area contributed by atoms with Crippen molar-refractivity contribution in [1.29, 1.82) is 0 Å². The van der Waals surface area contributed by atoms with Gasteiger partial charge in [-0.1, -0.05) is 19.0 Å². The smallest absolute Gasteiger partial charge is 0.324 e. The topological polar surface area (TPSA) is 118 Å². The van der Waals surface area contributed by atoms with E-state index >= 15 is 0 Å². The first kappa shape index (κ1) is 24.0. The number of rotatable bonds is 6. The van der Waals surface area contributed by atoms with Crippen molar-refractivity contribution in [3.05, 3.63) is 42.0 Å². The Hall–Kier alpha value is -3.41. The lowest BCUT2D eigenvalue weighted by atomic mass is 10.1. The van der Waals surface area contributed by atoms with Crippen LogP contribution in [0.15, 0.2) is 35.1 Å². The van der Waals surface area contributed by atoms with Crippen molar-refractivity contribution in [2.24, 2.45) is 0 Å². The van der Waals surface area contributed by atoms with Crippen molar-refractivity contribution in [2.45, 2.75) is 51.6 Å². The average molecular weight is 526 g/mol. The molecule has 0 bridgehead atoms. The number of hydrogen-bond acceptors (Lipinski definition) is 10. The van der Waals surface area contributed by atoms with Crippen molar-refractivity contribution >= 4 is 33.2 Å². The number of piperidine rings is 1. The summed E-state index contributed by atoms with van der Waals surface area (Å²) in [6, 6.07) is 8.34. The van der Waals surface area contributed by atoms with Gasteiger partial charge in [-0.3, -0.25) is 4.31 Å². The maximum absolute atomic E-state index is 12.3. The molecule has 0 spiro atoms. The molecular formula is C25H31N7O4S. The first-order valence-corrected chi connectivity index (χ1v) is 14.5. The minimum absolute atomic E-state index is 0.0438. The van der Waals surface area contributed by atoms with Gasteiger partial charge in [0.25, 0.3) is 0 Å². The highest BCUT2D eigenvalue weighted by molar-refractivity contribution is 7.93. The van der Waals surface area contributed by atoms with E-state index in [-0.39, 0.29) is 17.8 Å². The number of fused-ring (bicyclic) bond motifs is 1. The third kappa shape index (κ3) is 4.70. The third-order valence-electron chi connectivity index (χ3n) is 7.20. The molecule has 0 atom stereocenters. The first-order chi connectivity index (χ1) is 17.9. The molecule has 0 saturated carbocycles. The molecular weight excluding hydrogens is 494 g/mol. The van der Waals surface area contributed by atoms with E-state index in [9.17, 15) is 8.42 Å². The van der Waals surface area contributed by atoms with E-state index in [4.69, 9.17) is 9.26 Å². The van der Waals surface area contributed by atoms with Gasteiger partial charge in [-0.05, 0) is 36.6 Å². The summed E-state index contributed by atoms with van der Waals surface area (Å²) < 4.78 is 37.9. The van der Waals surface area contributed by atoms with Crippen LogP contribution in [-0.2, 0) is 16.4 Å². The van der Waals surface area contributed by atoms with Crippen LogP contribution in [0.25, 0.3) is 0 Å². The van der Waals surface area contributed by atoms with Gasteiger partial charge in [-0.15, -0.1) is 0 Å². The molecule has 3 aliphatic rings. The largest absolute Gasteiger partial charge is 0.474 e. The van der Waals surface area contributed by atoms with E-state index in [1.54, 1.807) is 0 Å². The zero-order valence-corrected chi connectivity index (χ0v) is 21.9. The van der Waals surface area contributed by atoms with Gasteiger partial charge in [0, 0.05) is 56.7 Å². The van der Waals surface area contributed by atoms with Crippen molar-refractivity contribution in [3.8, 4) is 5.88 Å². The molecule has 2 aromatic heterocycles. The molecule has 0 N–H and O–H groups in total. The van der Waals surface area contributed by atoms with Crippen LogP contribution in [0.4, 0.5) is 23.2 Å². The Bertz CT molecular complexity index is 1390. The summed E-state index contributed by atoms with van der Waals surface area (Å²) in [6.07, 6.45) is 4.73. The van der Waals surface area contributed by atoms with Gasteiger partial charge in [0.2, 0.25) is 15.9 Å². The average Bonchev–Trinajstić information content (AvgIpc) is 3.62. The fourth-order valence-corrected chi connectivity index (χ4v) is 6.73. The van der Waals surface area contributed by atoms with Crippen molar-refractivity contribution in [3.63, 3.8) is 0 Å². The Morgan fingerprint density at radius 3 is 2.65 bits per heavy atom. The molecule has 2 saturated heterocycles. The van der Waals surface area contributed by atoms with E-state index in [0.717, 1.165) is 67.5 Å². The summed E-state index contributed by atoms with van der Waals surface area (Å²) in [4.78, 5) is 17.6. The zero-order chi connectivity index (χ0) is 25.6. The van der Waals surface area contributed by atoms with Crippen molar-refractivity contribution < 1.29 is 17.7 Å². The standard InChI is InChI=1S/C25H31N7O4S/c1-17(2)24-28-25(36-29-24)30-10-7-20(8-11-30)35-23-15-22(26-16-27-23)31-12-6-18-14-19(4-5-21(18)31)32-9-3-13-37(32,33)34/h4-5,14-17,20H,3,6-13H2,1-2H3. The number of aromatic nitrogens is 4. The Labute approximate surface area is 216 Å². The van der Waals surface area contributed by atoms with Crippen LogP contribution in [0, 0.1) is 0 Å². The molecule has 5 heterocycles. The summed E-state index contributed by atoms with van der Waals surface area (Å²) in [5, 5.41) is 4.06. The normalized spacial score (nSPS) is 19.6. The number of hydrogen-bond donors (Lipinski definition) is 0. The number of anilines is 4. The van der Waals surface area contributed by atoms with E-state index in [2.05, 4.69) is 29.9 Å². The van der Waals surface area contributed by atoms with Gasteiger partial charge in [0.15, 0.2) is 5.82 Å². The minimum atomic E-state index is -3.20. The predicted molar refractivity (Wildman–Crippen MR) is 139 cm³/mol. The van der Waals surface area contributed by atoms with Crippen LogP contribution in [0.3, 0.4) is 0 Å². The molecule has 3 aliphatic heterocycles. The number of sulfonamides is 1. The van der Waals surface area contributed by atoms with Gasteiger partial charge in [-0.25, -0.2) is 18.4 Å². The van der Waals surface area contributed by atoms with Crippen LogP contribution >= 0.6 is 0 Å². The lowest BCUT2D eigenvalue weighted by Gasteiger charge is -2.30. The lowest BCUT2D eigenvalue weighted by Crippen LogP contribution is -2.38. The van der Waals surface area contributed by atoms with E-state index in [1.165, 1.54) is 10.6 Å². The van der Waals surface area contributed by atoms with E-state index in [0.29, 0.717) is 24.9 Å².